The second kappa shape index (κ2) is 8.28. The minimum Gasteiger partial charge on any atom is -0.444 e. The second-order valence-corrected chi connectivity index (χ2v) is 10.1. The van der Waals surface area contributed by atoms with Gasteiger partial charge in [-0.25, -0.2) is 24.6 Å². The van der Waals surface area contributed by atoms with Crippen molar-refractivity contribution in [3.8, 4) is 5.82 Å². The van der Waals surface area contributed by atoms with Gasteiger partial charge in [-0.2, -0.15) is 0 Å². The first-order valence-electron chi connectivity index (χ1n) is 11.7. The molecule has 0 N–H and O–H groups in total. The van der Waals surface area contributed by atoms with Crippen molar-refractivity contribution >= 4 is 28.6 Å². The number of amides is 1. The lowest BCUT2D eigenvalue weighted by atomic mass is 10.1. The second-order valence-electron chi connectivity index (χ2n) is 10.1. The van der Waals surface area contributed by atoms with E-state index in [9.17, 15) is 4.79 Å². The van der Waals surface area contributed by atoms with Crippen LogP contribution in [-0.2, 0) is 4.74 Å². The Balaban J connectivity index is 1.51. The molecule has 0 radical (unpaired) electrons. The van der Waals surface area contributed by atoms with E-state index in [2.05, 4.69) is 32.8 Å². The zero-order valence-corrected chi connectivity index (χ0v) is 20.0. The molecule has 3 aromatic heterocycles. The predicted octanol–water partition coefficient (Wildman–Crippen LogP) is 4.69. The summed E-state index contributed by atoms with van der Waals surface area (Å²) in [6.45, 7) is 16.9. The lowest BCUT2D eigenvalue weighted by Gasteiger charge is -2.41. The minimum absolute atomic E-state index is 0.0679. The van der Waals surface area contributed by atoms with Gasteiger partial charge in [0.2, 0.25) is 0 Å². The van der Waals surface area contributed by atoms with Gasteiger partial charge in [-0.1, -0.05) is 0 Å². The quantitative estimate of drug-likeness (QED) is 0.529. The van der Waals surface area contributed by atoms with Crippen LogP contribution in [0.15, 0.2) is 30.9 Å². The molecule has 9 nitrogen and oxygen atoms in total. The zero-order valence-electron chi connectivity index (χ0n) is 20.0. The third-order valence-corrected chi connectivity index (χ3v) is 6.27. The molecule has 0 aromatic carbocycles. The van der Waals surface area contributed by atoms with Crippen LogP contribution < -0.4 is 4.90 Å². The summed E-state index contributed by atoms with van der Waals surface area (Å²) in [6, 6.07) is 3.56. The van der Waals surface area contributed by atoms with Crippen LogP contribution in [0, 0.1) is 6.57 Å². The molecule has 1 aliphatic carbocycles. The maximum Gasteiger partial charge on any atom is 0.410 e. The summed E-state index contributed by atoms with van der Waals surface area (Å²) in [5.41, 5.74) is 2.04. The number of pyridine rings is 1. The van der Waals surface area contributed by atoms with Crippen molar-refractivity contribution in [2.24, 2.45) is 0 Å². The number of ether oxygens (including phenoxy) is 1. The fraction of sp³-hybridized carbons (Fsp3) is 0.480. The molecule has 1 aliphatic heterocycles. The molecule has 1 saturated carbocycles. The van der Waals surface area contributed by atoms with E-state index in [1.807, 2.05) is 25.3 Å². The number of hydrogen-bond donors (Lipinski definition) is 0. The first kappa shape index (κ1) is 22.1. The van der Waals surface area contributed by atoms with Crippen LogP contribution in [0.4, 0.5) is 16.3 Å². The van der Waals surface area contributed by atoms with Gasteiger partial charge in [0.25, 0.3) is 0 Å². The molecule has 2 aliphatic rings. The first-order valence-corrected chi connectivity index (χ1v) is 11.7. The Hall–Kier alpha value is -3.67. The number of carbonyl (C=O) groups is 1. The topological polar surface area (TPSA) is 80.7 Å². The molecule has 0 spiro atoms. The number of rotatable bonds is 3. The van der Waals surface area contributed by atoms with Crippen molar-refractivity contribution in [3.05, 3.63) is 47.8 Å². The number of aromatic nitrogens is 4. The van der Waals surface area contributed by atoms with Crippen LogP contribution in [0.25, 0.3) is 21.7 Å². The Labute approximate surface area is 199 Å². The van der Waals surface area contributed by atoms with Crippen LogP contribution in [0.2, 0.25) is 0 Å². The van der Waals surface area contributed by atoms with E-state index in [4.69, 9.17) is 16.3 Å². The molecule has 3 aromatic rings. The summed E-state index contributed by atoms with van der Waals surface area (Å²) in [4.78, 5) is 34.1. The number of carbonyl (C=O) groups excluding carboxylic acids is 1. The SMILES string of the molecule is [C-]#[N+]c1ccnc(-n2cc(C3CC3)c3c(N4CCN(C(=O)OC(C)(C)C)C[C@@H]4C)ncnc32)c1. The fourth-order valence-electron chi connectivity index (χ4n) is 4.54. The van der Waals surface area contributed by atoms with Crippen LogP contribution in [0.1, 0.15) is 52.0 Å². The molecule has 4 heterocycles. The Morgan fingerprint density at radius 1 is 1.21 bits per heavy atom. The van der Waals surface area contributed by atoms with Crippen molar-refractivity contribution in [2.75, 3.05) is 24.5 Å². The van der Waals surface area contributed by atoms with Crippen molar-refractivity contribution < 1.29 is 9.53 Å². The molecule has 1 atom stereocenters. The van der Waals surface area contributed by atoms with Crippen LogP contribution in [-0.4, -0.2) is 61.8 Å². The van der Waals surface area contributed by atoms with Crippen molar-refractivity contribution in [3.63, 3.8) is 0 Å². The average Bonchev–Trinajstić information content (AvgIpc) is 3.57. The largest absolute Gasteiger partial charge is 0.444 e. The number of nitrogens with zero attached hydrogens (tertiary/aromatic N) is 7. The Kier molecular flexibility index (Phi) is 5.39. The van der Waals surface area contributed by atoms with E-state index in [-0.39, 0.29) is 12.1 Å². The van der Waals surface area contributed by atoms with Crippen molar-refractivity contribution in [1.82, 2.24) is 24.4 Å². The van der Waals surface area contributed by atoms with Gasteiger partial charge >= 0.3 is 6.09 Å². The summed E-state index contributed by atoms with van der Waals surface area (Å²) in [5.74, 6) is 2.05. The van der Waals surface area contributed by atoms with Crippen LogP contribution in [0.3, 0.4) is 0 Å². The van der Waals surface area contributed by atoms with Gasteiger partial charge in [-0.3, -0.25) is 4.57 Å². The average molecular weight is 460 g/mol. The van der Waals surface area contributed by atoms with Gasteiger partial charge in [0.15, 0.2) is 11.3 Å². The summed E-state index contributed by atoms with van der Waals surface area (Å²) in [7, 11) is 0. The lowest BCUT2D eigenvalue weighted by molar-refractivity contribution is 0.0218. The van der Waals surface area contributed by atoms with Gasteiger partial charge < -0.3 is 14.5 Å². The molecule has 34 heavy (non-hydrogen) atoms. The highest BCUT2D eigenvalue weighted by molar-refractivity contribution is 5.93. The van der Waals surface area contributed by atoms with Crippen LogP contribution >= 0.6 is 0 Å². The van der Waals surface area contributed by atoms with E-state index < -0.39 is 5.60 Å². The standard InChI is InChI=1S/C25H29N7O2/c1-16-13-30(24(33)34-25(2,3)4)10-11-31(16)22-21-19(17-6-7-17)14-32(23(21)29-15-28-22)20-12-18(26-5)8-9-27-20/h8-9,12,14-17H,6-7,10-11,13H2,1-4H3/t16-/m0/s1. The summed E-state index contributed by atoms with van der Waals surface area (Å²) in [6.07, 6.45) is 7.37. The normalized spacial score (nSPS) is 18.7. The minimum atomic E-state index is -0.517. The van der Waals surface area contributed by atoms with Crippen molar-refractivity contribution in [2.45, 2.75) is 58.1 Å². The van der Waals surface area contributed by atoms with E-state index >= 15 is 0 Å². The maximum absolute atomic E-state index is 12.6. The smallest absolute Gasteiger partial charge is 0.410 e. The molecular formula is C25H29N7O2. The van der Waals surface area contributed by atoms with Gasteiger partial charge in [-0.05, 0) is 64.2 Å². The van der Waals surface area contributed by atoms with E-state index in [0.29, 0.717) is 37.1 Å². The fourth-order valence-corrected chi connectivity index (χ4v) is 4.54. The molecule has 1 saturated heterocycles. The molecule has 5 rings (SSSR count). The maximum atomic E-state index is 12.6. The Morgan fingerprint density at radius 2 is 2.00 bits per heavy atom. The lowest BCUT2D eigenvalue weighted by Crippen LogP contribution is -2.54. The monoisotopic (exact) mass is 459 g/mol. The summed E-state index contributed by atoms with van der Waals surface area (Å²) < 4.78 is 7.55. The van der Waals surface area contributed by atoms with E-state index in [1.165, 1.54) is 5.56 Å². The van der Waals surface area contributed by atoms with Gasteiger partial charge in [0.05, 0.1) is 12.0 Å². The zero-order chi connectivity index (χ0) is 24.0. The predicted molar refractivity (Wildman–Crippen MR) is 130 cm³/mol. The van der Waals surface area contributed by atoms with E-state index in [0.717, 1.165) is 29.7 Å². The third-order valence-electron chi connectivity index (χ3n) is 6.27. The first-order chi connectivity index (χ1) is 16.2. The van der Waals surface area contributed by atoms with Gasteiger partial charge in [0, 0.05) is 38.1 Å². The number of piperazine rings is 1. The molecule has 2 fully saturated rings. The molecule has 1 amide bonds. The van der Waals surface area contributed by atoms with E-state index in [1.54, 1.807) is 29.6 Å². The van der Waals surface area contributed by atoms with Crippen LogP contribution in [0.5, 0.6) is 0 Å². The Bertz CT molecular complexity index is 1280. The highest BCUT2D eigenvalue weighted by atomic mass is 16.6. The molecule has 176 valence electrons. The Morgan fingerprint density at radius 3 is 2.68 bits per heavy atom. The third kappa shape index (κ3) is 4.16. The highest BCUT2D eigenvalue weighted by Crippen LogP contribution is 2.46. The molecule has 0 unspecified atom stereocenters. The van der Waals surface area contributed by atoms with Gasteiger partial charge in [0.1, 0.15) is 23.6 Å². The molecule has 9 heteroatoms. The molecular weight excluding hydrogens is 430 g/mol. The van der Waals surface area contributed by atoms with Gasteiger partial charge in [-0.15, -0.1) is 0 Å². The number of hydrogen-bond acceptors (Lipinski definition) is 6. The van der Waals surface area contributed by atoms with Crippen molar-refractivity contribution in [1.29, 1.82) is 0 Å². The summed E-state index contributed by atoms with van der Waals surface area (Å²) >= 11 is 0. The number of fused-ring (bicyclic) bond motifs is 1. The molecule has 0 bridgehead atoms. The number of anilines is 1. The highest BCUT2D eigenvalue weighted by Gasteiger charge is 2.34. The summed E-state index contributed by atoms with van der Waals surface area (Å²) in [5, 5.41) is 1.04.